The van der Waals surface area contributed by atoms with Crippen LogP contribution in [0.25, 0.3) is 0 Å². The van der Waals surface area contributed by atoms with Gasteiger partial charge in [0.25, 0.3) is 0 Å². The number of nitrogens with zero attached hydrogens (tertiary/aromatic N) is 1. The van der Waals surface area contributed by atoms with E-state index in [0.717, 1.165) is 31.5 Å². The van der Waals surface area contributed by atoms with Gasteiger partial charge in [-0.15, -0.1) is 0 Å². The lowest BCUT2D eigenvalue weighted by atomic mass is 9.89. The molecule has 1 aliphatic rings. The molecular formula is C13H28N2O. The fourth-order valence-electron chi connectivity index (χ4n) is 2.57. The van der Waals surface area contributed by atoms with Crippen LogP contribution < -0.4 is 5.73 Å². The van der Waals surface area contributed by atoms with Crippen LogP contribution in [0.1, 0.15) is 40.0 Å². The van der Waals surface area contributed by atoms with E-state index in [2.05, 4.69) is 18.7 Å². The maximum Gasteiger partial charge on any atom is 0.0621 e. The van der Waals surface area contributed by atoms with Crippen LogP contribution in [0.15, 0.2) is 0 Å². The van der Waals surface area contributed by atoms with E-state index in [4.69, 9.17) is 5.73 Å². The highest BCUT2D eigenvalue weighted by atomic mass is 16.3. The maximum atomic E-state index is 9.18. The summed E-state index contributed by atoms with van der Waals surface area (Å²) in [6, 6.07) is 0. The molecule has 1 rings (SSSR count). The van der Waals surface area contributed by atoms with E-state index in [1.54, 1.807) is 0 Å². The summed E-state index contributed by atoms with van der Waals surface area (Å²) in [7, 11) is 0. The molecule has 1 saturated heterocycles. The van der Waals surface area contributed by atoms with Crippen LogP contribution in [0.4, 0.5) is 0 Å². The molecule has 1 heterocycles. The largest absolute Gasteiger partial charge is 0.394 e. The molecule has 0 aliphatic carbocycles. The van der Waals surface area contributed by atoms with Gasteiger partial charge in [0.2, 0.25) is 0 Å². The van der Waals surface area contributed by atoms with Crippen LogP contribution in [0, 0.1) is 11.8 Å². The molecule has 0 aromatic rings. The predicted octanol–water partition coefficient (Wildman–Crippen LogP) is 1.45. The molecule has 0 saturated carbocycles. The third-order valence-electron chi connectivity index (χ3n) is 3.75. The number of aliphatic hydroxyl groups is 1. The molecule has 3 nitrogen and oxygen atoms in total. The van der Waals surface area contributed by atoms with Gasteiger partial charge >= 0.3 is 0 Å². The monoisotopic (exact) mass is 228 g/mol. The Kier molecular flexibility index (Phi) is 5.22. The molecule has 0 aromatic carbocycles. The average molecular weight is 228 g/mol. The van der Waals surface area contributed by atoms with E-state index >= 15 is 0 Å². The third kappa shape index (κ3) is 4.40. The molecule has 0 spiro atoms. The van der Waals surface area contributed by atoms with Crippen LogP contribution in [0.2, 0.25) is 0 Å². The summed E-state index contributed by atoms with van der Waals surface area (Å²) < 4.78 is 0. The Labute approximate surface area is 100 Å². The molecule has 96 valence electrons. The highest BCUT2D eigenvalue weighted by Gasteiger charge is 2.24. The normalized spacial score (nSPS) is 27.8. The molecule has 2 atom stereocenters. The molecule has 1 fully saturated rings. The lowest BCUT2D eigenvalue weighted by Crippen LogP contribution is -2.50. The first-order chi connectivity index (χ1) is 7.44. The van der Waals surface area contributed by atoms with Gasteiger partial charge in [-0.2, -0.15) is 0 Å². The summed E-state index contributed by atoms with van der Waals surface area (Å²) in [6.07, 6.45) is 3.89. The van der Waals surface area contributed by atoms with Gasteiger partial charge in [0.1, 0.15) is 0 Å². The van der Waals surface area contributed by atoms with Crippen molar-refractivity contribution in [3.63, 3.8) is 0 Å². The molecule has 0 bridgehead atoms. The molecule has 1 aliphatic heterocycles. The van der Waals surface area contributed by atoms with E-state index in [1.165, 1.54) is 19.3 Å². The van der Waals surface area contributed by atoms with Gasteiger partial charge in [-0.1, -0.05) is 13.8 Å². The summed E-state index contributed by atoms with van der Waals surface area (Å²) in [5, 5.41) is 9.18. The second-order valence-electron chi connectivity index (χ2n) is 6.02. The Bertz CT molecular complexity index is 204. The van der Waals surface area contributed by atoms with Crippen molar-refractivity contribution in [2.45, 2.75) is 45.6 Å². The number of hydrogen-bond donors (Lipinski definition) is 2. The Morgan fingerprint density at radius 1 is 1.38 bits per heavy atom. The minimum absolute atomic E-state index is 0.0666. The number of aliphatic hydroxyl groups excluding tert-OH is 1. The van der Waals surface area contributed by atoms with Crippen LogP contribution in [-0.2, 0) is 0 Å². The van der Waals surface area contributed by atoms with Crippen molar-refractivity contribution >= 4 is 0 Å². The molecule has 0 amide bonds. The third-order valence-corrected chi connectivity index (χ3v) is 3.75. The van der Waals surface area contributed by atoms with Crippen molar-refractivity contribution in [1.29, 1.82) is 0 Å². The van der Waals surface area contributed by atoms with Crippen LogP contribution in [0.3, 0.4) is 0 Å². The second kappa shape index (κ2) is 5.99. The van der Waals surface area contributed by atoms with Crippen molar-refractivity contribution in [1.82, 2.24) is 4.90 Å². The fraction of sp³-hybridized carbons (Fsp3) is 1.00. The number of rotatable bonds is 4. The van der Waals surface area contributed by atoms with E-state index in [9.17, 15) is 5.11 Å². The second-order valence-corrected chi connectivity index (χ2v) is 6.02. The average Bonchev–Trinajstić information content (AvgIpc) is 2.43. The zero-order chi connectivity index (χ0) is 12.2. The Morgan fingerprint density at radius 2 is 2.06 bits per heavy atom. The smallest absolute Gasteiger partial charge is 0.0621 e. The minimum atomic E-state index is -0.447. The highest BCUT2D eigenvalue weighted by molar-refractivity contribution is 4.83. The molecule has 2 unspecified atom stereocenters. The lowest BCUT2D eigenvalue weighted by Gasteiger charge is -2.30. The Morgan fingerprint density at radius 3 is 2.62 bits per heavy atom. The van der Waals surface area contributed by atoms with Gasteiger partial charge < -0.3 is 15.7 Å². The van der Waals surface area contributed by atoms with Crippen molar-refractivity contribution in [3.8, 4) is 0 Å². The molecule has 0 aromatic heterocycles. The zero-order valence-corrected chi connectivity index (χ0v) is 11.1. The first kappa shape index (κ1) is 13.9. The Balaban J connectivity index is 2.41. The number of hydrogen-bond acceptors (Lipinski definition) is 3. The highest BCUT2D eigenvalue weighted by Crippen LogP contribution is 2.24. The molecule has 0 radical (unpaired) electrons. The standard InChI is InChI=1S/C13H28N2O/c1-11(2)12-5-4-7-15(8-6-12)9-13(3,14)10-16/h11-12,16H,4-10,14H2,1-3H3. The SMILES string of the molecule is CC(C)C1CCCN(CC(C)(N)CO)CC1. The van der Waals surface area contributed by atoms with Crippen LogP contribution in [-0.4, -0.2) is 41.8 Å². The van der Waals surface area contributed by atoms with Gasteiger partial charge in [-0.05, 0) is 51.1 Å². The van der Waals surface area contributed by atoms with Gasteiger partial charge in [-0.25, -0.2) is 0 Å². The lowest BCUT2D eigenvalue weighted by molar-refractivity contribution is 0.148. The Hall–Kier alpha value is -0.120. The van der Waals surface area contributed by atoms with E-state index < -0.39 is 5.54 Å². The summed E-state index contributed by atoms with van der Waals surface area (Å²) in [4.78, 5) is 2.42. The first-order valence-corrected chi connectivity index (χ1v) is 6.57. The summed E-state index contributed by atoms with van der Waals surface area (Å²) in [6.45, 7) is 9.72. The van der Waals surface area contributed by atoms with Gasteiger partial charge in [-0.3, -0.25) is 0 Å². The summed E-state index contributed by atoms with van der Waals surface area (Å²) >= 11 is 0. The summed E-state index contributed by atoms with van der Waals surface area (Å²) in [5.74, 6) is 1.66. The maximum absolute atomic E-state index is 9.18. The molecular weight excluding hydrogens is 200 g/mol. The van der Waals surface area contributed by atoms with Crippen LogP contribution >= 0.6 is 0 Å². The van der Waals surface area contributed by atoms with Crippen molar-refractivity contribution in [2.24, 2.45) is 17.6 Å². The van der Waals surface area contributed by atoms with E-state index in [-0.39, 0.29) is 6.61 Å². The summed E-state index contributed by atoms with van der Waals surface area (Å²) in [5.41, 5.74) is 5.55. The van der Waals surface area contributed by atoms with Gasteiger partial charge in [0.05, 0.1) is 6.61 Å². The van der Waals surface area contributed by atoms with Gasteiger partial charge in [0.15, 0.2) is 0 Å². The molecule has 16 heavy (non-hydrogen) atoms. The van der Waals surface area contributed by atoms with Gasteiger partial charge in [0, 0.05) is 12.1 Å². The number of nitrogens with two attached hydrogens (primary N) is 1. The van der Waals surface area contributed by atoms with Crippen molar-refractivity contribution in [3.05, 3.63) is 0 Å². The van der Waals surface area contributed by atoms with Crippen LogP contribution in [0.5, 0.6) is 0 Å². The predicted molar refractivity (Wildman–Crippen MR) is 68.3 cm³/mol. The zero-order valence-electron chi connectivity index (χ0n) is 11.1. The fourth-order valence-corrected chi connectivity index (χ4v) is 2.57. The van der Waals surface area contributed by atoms with Crippen molar-refractivity contribution in [2.75, 3.05) is 26.2 Å². The van der Waals surface area contributed by atoms with E-state index in [0.29, 0.717) is 0 Å². The quantitative estimate of drug-likeness (QED) is 0.766. The molecule has 3 N–H and O–H groups in total. The topological polar surface area (TPSA) is 49.5 Å². The van der Waals surface area contributed by atoms with E-state index in [1.807, 2.05) is 6.92 Å². The first-order valence-electron chi connectivity index (χ1n) is 6.57. The molecule has 3 heteroatoms. The minimum Gasteiger partial charge on any atom is -0.394 e. The van der Waals surface area contributed by atoms with Crippen molar-refractivity contribution < 1.29 is 5.11 Å². The number of likely N-dealkylation sites (tertiary alicyclic amines) is 1.